The van der Waals surface area contributed by atoms with Crippen molar-refractivity contribution in [1.29, 1.82) is 0 Å². The van der Waals surface area contributed by atoms with Gasteiger partial charge in [0.15, 0.2) is 0 Å². The number of nitrogens with one attached hydrogen (secondary N) is 1. The molecule has 1 N–H and O–H groups in total. The topological polar surface area (TPSA) is 39.1 Å². The molecule has 2 rings (SSSR count). The average Bonchev–Trinajstić information content (AvgIpc) is 2.83. The molecule has 5 heteroatoms. The van der Waals surface area contributed by atoms with E-state index in [-0.39, 0.29) is 12.1 Å². The number of hydrogen-bond acceptors (Lipinski definition) is 3. The van der Waals surface area contributed by atoms with Crippen LogP contribution < -0.4 is 5.32 Å². The van der Waals surface area contributed by atoms with Gasteiger partial charge >= 0.3 is 0 Å². The van der Waals surface area contributed by atoms with E-state index in [2.05, 4.69) is 40.2 Å². The number of ether oxygens (including phenoxy) is 1. The first-order valence-corrected chi connectivity index (χ1v) is 9.00. The Morgan fingerprint density at radius 2 is 2.10 bits per heavy atom. The van der Waals surface area contributed by atoms with Crippen LogP contribution in [0.4, 0.5) is 0 Å². The first kappa shape index (κ1) is 17.0. The van der Waals surface area contributed by atoms with Crippen molar-refractivity contribution in [2.75, 3.05) is 13.2 Å². The zero-order valence-electron chi connectivity index (χ0n) is 13.4. The van der Waals surface area contributed by atoms with Crippen LogP contribution in [0.15, 0.2) is 10.7 Å². The molecule has 0 radical (unpaired) electrons. The van der Waals surface area contributed by atoms with Gasteiger partial charge in [0, 0.05) is 13.7 Å². The van der Waals surface area contributed by atoms with Crippen molar-refractivity contribution in [3.8, 4) is 0 Å². The van der Waals surface area contributed by atoms with Crippen molar-refractivity contribution >= 4 is 15.9 Å². The molecule has 0 saturated heterocycles. The second kappa shape index (κ2) is 8.30. The highest BCUT2D eigenvalue weighted by molar-refractivity contribution is 9.10. The number of nitrogens with zero attached hydrogens (tertiary/aromatic N) is 2. The van der Waals surface area contributed by atoms with Crippen molar-refractivity contribution in [2.24, 2.45) is 13.0 Å². The summed E-state index contributed by atoms with van der Waals surface area (Å²) in [5.41, 5.74) is 1.20. The van der Waals surface area contributed by atoms with Crippen LogP contribution in [0.1, 0.15) is 57.7 Å². The molecule has 0 bridgehead atoms. The normalized spacial score (nSPS) is 19.6. The summed E-state index contributed by atoms with van der Waals surface area (Å²) < 4.78 is 9.24. The van der Waals surface area contributed by atoms with Gasteiger partial charge in [-0.2, -0.15) is 5.10 Å². The Balaban J connectivity index is 2.27. The third kappa shape index (κ3) is 4.08. The van der Waals surface area contributed by atoms with Crippen molar-refractivity contribution in [2.45, 2.75) is 58.1 Å². The van der Waals surface area contributed by atoms with Gasteiger partial charge in [-0.25, -0.2) is 0 Å². The zero-order chi connectivity index (χ0) is 15.2. The molecule has 1 aromatic rings. The maximum atomic E-state index is 6.21. The monoisotopic (exact) mass is 357 g/mol. The number of likely N-dealkylation sites (N-methyl/N-ethyl adjacent to an activating group) is 1. The first-order valence-electron chi connectivity index (χ1n) is 8.21. The van der Waals surface area contributed by atoms with Gasteiger partial charge in [0.25, 0.3) is 0 Å². The van der Waals surface area contributed by atoms with E-state index in [1.54, 1.807) is 0 Å². The summed E-state index contributed by atoms with van der Waals surface area (Å²) in [7, 11) is 2.01. The van der Waals surface area contributed by atoms with Gasteiger partial charge in [0.1, 0.15) is 0 Å². The Morgan fingerprint density at radius 3 is 2.62 bits per heavy atom. The van der Waals surface area contributed by atoms with Gasteiger partial charge in [-0.15, -0.1) is 0 Å². The lowest BCUT2D eigenvalue weighted by Crippen LogP contribution is -2.41. The van der Waals surface area contributed by atoms with Crippen LogP contribution >= 0.6 is 15.9 Å². The lowest BCUT2D eigenvalue weighted by molar-refractivity contribution is -0.0198. The summed E-state index contributed by atoms with van der Waals surface area (Å²) in [6, 6.07) is 0.194. The van der Waals surface area contributed by atoms with Gasteiger partial charge in [0.05, 0.1) is 28.5 Å². The minimum atomic E-state index is 0.194. The van der Waals surface area contributed by atoms with E-state index in [4.69, 9.17) is 4.74 Å². The number of rotatable bonds is 7. The number of hydrogen-bond donors (Lipinski definition) is 1. The van der Waals surface area contributed by atoms with Crippen molar-refractivity contribution in [1.82, 2.24) is 15.1 Å². The molecule has 2 atom stereocenters. The summed E-state index contributed by atoms with van der Waals surface area (Å²) in [5.74, 6) is 0.643. The fourth-order valence-corrected chi connectivity index (χ4v) is 4.11. The van der Waals surface area contributed by atoms with Crippen LogP contribution in [0.2, 0.25) is 0 Å². The van der Waals surface area contributed by atoms with Crippen LogP contribution in [0.25, 0.3) is 0 Å². The minimum Gasteiger partial charge on any atom is -0.376 e. The van der Waals surface area contributed by atoms with Crippen LogP contribution in [-0.4, -0.2) is 29.0 Å². The van der Waals surface area contributed by atoms with Gasteiger partial charge < -0.3 is 10.1 Å². The number of halogens is 1. The Labute approximate surface area is 136 Å². The van der Waals surface area contributed by atoms with Gasteiger partial charge in [-0.05, 0) is 48.2 Å². The average molecular weight is 358 g/mol. The summed E-state index contributed by atoms with van der Waals surface area (Å²) >= 11 is 3.65. The summed E-state index contributed by atoms with van der Waals surface area (Å²) in [6.45, 7) is 5.94. The van der Waals surface area contributed by atoms with Crippen molar-refractivity contribution < 1.29 is 4.74 Å². The zero-order valence-corrected chi connectivity index (χ0v) is 15.0. The van der Waals surface area contributed by atoms with Gasteiger partial charge in [0.2, 0.25) is 0 Å². The molecule has 1 aliphatic carbocycles. The molecule has 1 heterocycles. The quantitative estimate of drug-likeness (QED) is 0.805. The molecular weight excluding hydrogens is 330 g/mol. The van der Waals surface area contributed by atoms with Crippen LogP contribution in [-0.2, 0) is 11.8 Å². The third-order valence-electron chi connectivity index (χ3n) is 4.46. The second-order valence-corrected chi connectivity index (χ2v) is 6.71. The number of aromatic nitrogens is 2. The maximum Gasteiger partial charge on any atom is 0.0813 e. The van der Waals surface area contributed by atoms with E-state index in [1.807, 2.05) is 17.9 Å². The highest BCUT2D eigenvalue weighted by atomic mass is 79.9. The summed E-state index contributed by atoms with van der Waals surface area (Å²) in [6.07, 6.45) is 8.70. The lowest BCUT2D eigenvalue weighted by Gasteiger charge is -2.36. The van der Waals surface area contributed by atoms with Crippen LogP contribution in [0.5, 0.6) is 0 Å². The molecule has 21 heavy (non-hydrogen) atoms. The predicted molar refractivity (Wildman–Crippen MR) is 89.3 cm³/mol. The van der Waals surface area contributed by atoms with Gasteiger partial charge in [-0.1, -0.05) is 26.2 Å². The van der Waals surface area contributed by atoms with E-state index < -0.39 is 0 Å². The Morgan fingerprint density at radius 1 is 1.38 bits per heavy atom. The molecular formula is C16H28BrN3O. The molecule has 1 fully saturated rings. The van der Waals surface area contributed by atoms with E-state index in [1.165, 1.54) is 37.8 Å². The molecule has 2 unspecified atom stereocenters. The molecule has 0 spiro atoms. The molecule has 1 saturated carbocycles. The Hall–Kier alpha value is -0.390. The van der Waals surface area contributed by atoms with Crippen LogP contribution in [0.3, 0.4) is 0 Å². The molecule has 4 nitrogen and oxygen atoms in total. The maximum absolute atomic E-state index is 6.21. The minimum absolute atomic E-state index is 0.194. The van der Waals surface area contributed by atoms with Crippen LogP contribution in [0, 0.1) is 5.92 Å². The molecule has 0 aromatic carbocycles. The molecule has 0 amide bonds. The molecule has 0 aliphatic heterocycles. The SMILES string of the molecule is CCNC(c1c(Br)cnn1C)C(OCC)C1CCCCC1. The van der Waals surface area contributed by atoms with Crippen molar-refractivity contribution in [3.63, 3.8) is 0 Å². The van der Waals surface area contributed by atoms with E-state index >= 15 is 0 Å². The fourth-order valence-electron chi connectivity index (χ4n) is 3.52. The molecule has 1 aromatic heterocycles. The van der Waals surface area contributed by atoms with Crippen molar-refractivity contribution in [3.05, 3.63) is 16.4 Å². The van der Waals surface area contributed by atoms with E-state index in [0.29, 0.717) is 5.92 Å². The van der Waals surface area contributed by atoms with E-state index in [9.17, 15) is 0 Å². The molecule has 120 valence electrons. The lowest BCUT2D eigenvalue weighted by atomic mass is 9.81. The van der Waals surface area contributed by atoms with Gasteiger partial charge in [-0.3, -0.25) is 4.68 Å². The molecule has 1 aliphatic rings. The highest BCUT2D eigenvalue weighted by Gasteiger charge is 2.34. The Kier molecular flexibility index (Phi) is 6.71. The predicted octanol–water partition coefficient (Wildman–Crippen LogP) is 3.82. The van der Waals surface area contributed by atoms with E-state index in [0.717, 1.165) is 17.6 Å². The smallest absolute Gasteiger partial charge is 0.0813 e. The highest BCUT2D eigenvalue weighted by Crippen LogP contribution is 2.36. The first-order chi connectivity index (χ1) is 10.2. The fraction of sp³-hybridized carbons (Fsp3) is 0.812. The third-order valence-corrected chi connectivity index (χ3v) is 5.07. The summed E-state index contributed by atoms with van der Waals surface area (Å²) in [5, 5.41) is 8.01. The standard InChI is InChI=1S/C16H28BrN3O/c1-4-18-14(15-13(17)11-19-20(15)3)16(21-5-2)12-9-7-6-8-10-12/h11-12,14,16,18H,4-10H2,1-3H3. The summed E-state index contributed by atoms with van der Waals surface area (Å²) in [4.78, 5) is 0. The Bertz CT molecular complexity index is 410. The second-order valence-electron chi connectivity index (χ2n) is 5.85. The largest absolute Gasteiger partial charge is 0.376 e. The number of aryl methyl sites for hydroxylation is 1.